The van der Waals surface area contributed by atoms with E-state index in [-0.39, 0.29) is 47.9 Å². The van der Waals surface area contributed by atoms with Crippen molar-refractivity contribution in [2.45, 2.75) is 32.7 Å². The predicted octanol–water partition coefficient (Wildman–Crippen LogP) is 2.62. The molecular formula is C22H26N2O3. The van der Waals surface area contributed by atoms with Gasteiger partial charge in [-0.25, -0.2) is 0 Å². The number of carbonyl (C=O) groups excluding carboxylic acids is 3. The molecule has 27 heavy (non-hydrogen) atoms. The van der Waals surface area contributed by atoms with Gasteiger partial charge in [0.05, 0.1) is 11.8 Å². The first-order valence-electron chi connectivity index (χ1n) is 9.95. The molecule has 0 aromatic heterocycles. The summed E-state index contributed by atoms with van der Waals surface area (Å²) in [7, 11) is 0. The molecule has 4 atom stereocenters. The number of fused-ring (bicyclic) bond motifs is 5. The minimum atomic E-state index is -0.237. The lowest BCUT2D eigenvalue weighted by molar-refractivity contribution is -0.147. The smallest absolute Gasteiger partial charge is 0.243 e. The van der Waals surface area contributed by atoms with Gasteiger partial charge in [0.25, 0.3) is 0 Å². The molecule has 1 aliphatic heterocycles. The number of amides is 3. The summed E-state index contributed by atoms with van der Waals surface area (Å²) >= 11 is 0. The molecule has 0 N–H and O–H groups in total. The average Bonchev–Trinajstić information content (AvgIpc) is 3.36. The van der Waals surface area contributed by atoms with Gasteiger partial charge in [0.2, 0.25) is 17.7 Å². The van der Waals surface area contributed by atoms with E-state index in [9.17, 15) is 14.4 Å². The molecule has 1 saturated heterocycles. The van der Waals surface area contributed by atoms with Gasteiger partial charge in [0.15, 0.2) is 0 Å². The monoisotopic (exact) mass is 366 g/mol. The molecule has 3 aliphatic rings. The van der Waals surface area contributed by atoms with Crippen LogP contribution in [0.3, 0.4) is 0 Å². The standard InChI is InChI=1S/C22H26N2O3/c1-2-3-11-23(13-15-7-5-4-6-8-15)18(25)14-24-21(26)19-16-9-10-17(12-16)20(19)22(24)27/h4-10,16-17,19-20H,2-3,11-14H2,1H3. The minimum absolute atomic E-state index is 0.124. The van der Waals surface area contributed by atoms with E-state index in [1.54, 1.807) is 4.90 Å². The lowest BCUT2D eigenvalue weighted by Gasteiger charge is -2.25. The molecule has 5 heteroatoms. The molecule has 4 rings (SSSR count). The molecule has 0 spiro atoms. The molecule has 4 unspecified atom stereocenters. The fraction of sp³-hybridized carbons (Fsp3) is 0.500. The maximum atomic E-state index is 13.0. The number of hydrogen-bond donors (Lipinski definition) is 0. The summed E-state index contributed by atoms with van der Waals surface area (Å²) < 4.78 is 0. The third kappa shape index (κ3) is 3.20. The van der Waals surface area contributed by atoms with E-state index in [0.29, 0.717) is 13.1 Å². The molecule has 0 radical (unpaired) electrons. The maximum Gasteiger partial charge on any atom is 0.243 e. The molecular weight excluding hydrogens is 340 g/mol. The number of imide groups is 1. The lowest BCUT2D eigenvalue weighted by atomic mass is 9.85. The number of carbonyl (C=O) groups is 3. The van der Waals surface area contributed by atoms with Crippen molar-refractivity contribution in [1.82, 2.24) is 9.80 Å². The zero-order chi connectivity index (χ0) is 19.0. The van der Waals surface area contributed by atoms with E-state index in [4.69, 9.17) is 0 Å². The molecule has 1 heterocycles. The first-order chi connectivity index (χ1) is 13.1. The quantitative estimate of drug-likeness (QED) is 0.551. The molecule has 1 aromatic rings. The van der Waals surface area contributed by atoms with Crippen molar-refractivity contribution in [2.24, 2.45) is 23.7 Å². The number of nitrogens with zero attached hydrogens (tertiary/aromatic N) is 2. The molecule has 1 saturated carbocycles. The summed E-state index contributed by atoms with van der Waals surface area (Å²) in [4.78, 5) is 41.6. The largest absolute Gasteiger partial charge is 0.337 e. The molecule has 2 aliphatic carbocycles. The van der Waals surface area contributed by atoms with Gasteiger partial charge in [-0.1, -0.05) is 55.8 Å². The zero-order valence-electron chi connectivity index (χ0n) is 15.7. The van der Waals surface area contributed by atoms with E-state index < -0.39 is 0 Å². The number of rotatable bonds is 7. The number of benzene rings is 1. The predicted molar refractivity (Wildman–Crippen MR) is 101 cm³/mol. The summed E-state index contributed by atoms with van der Waals surface area (Å²) in [6, 6.07) is 9.84. The van der Waals surface area contributed by atoms with E-state index in [0.717, 1.165) is 24.8 Å². The summed E-state index contributed by atoms with van der Waals surface area (Å²) in [5.41, 5.74) is 1.06. The van der Waals surface area contributed by atoms with E-state index in [1.807, 2.05) is 30.3 Å². The van der Waals surface area contributed by atoms with Gasteiger partial charge in [-0.3, -0.25) is 19.3 Å². The Bertz CT molecular complexity index is 743. The van der Waals surface area contributed by atoms with Gasteiger partial charge in [-0.15, -0.1) is 0 Å². The highest BCUT2D eigenvalue weighted by Gasteiger charge is 2.59. The second kappa shape index (κ2) is 7.29. The Morgan fingerprint density at radius 2 is 1.70 bits per heavy atom. The Hall–Kier alpha value is -2.43. The molecule has 1 aromatic carbocycles. The van der Waals surface area contributed by atoms with Crippen LogP contribution < -0.4 is 0 Å². The van der Waals surface area contributed by atoms with E-state index in [2.05, 4.69) is 19.1 Å². The first-order valence-corrected chi connectivity index (χ1v) is 9.95. The van der Waals surface area contributed by atoms with Crippen LogP contribution in [0, 0.1) is 23.7 Å². The van der Waals surface area contributed by atoms with Crippen molar-refractivity contribution in [3.63, 3.8) is 0 Å². The molecule has 142 valence electrons. The SMILES string of the molecule is CCCCN(Cc1ccccc1)C(=O)CN1C(=O)C2C3C=CC(C3)C2C1=O. The topological polar surface area (TPSA) is 57.7 Å². The van der Waals surface area contributed by atoms with Crippen molar-refractivity contribution in [3.05, 3.63) is 48.0 Å². The molecule has 2 bridgehead atoms. The number of allylic oxidation sites excluding steroid dienone is 2. The van der Waals surface area contributed by atoms with Crippen LogP contribution in [0.25, 0.3) is 0 Å². The zero-order valence-corrected chi connectivity index (χ0v) is 15.7. The highest BCUT2D eigenvalue weighted by atomic mass is 16.2. The van der Waals surface area contributed by atoms with E-state index >= 15 is 0 Å². The summed E-state index contributed by atoms with van der Waals surface area (Å²) in [6.45, 7) is 3.11. The van der Waals surface area contributed by atoms with Gasteiger partial charge in [-0.2, -0.15) is 0 Å². The summed E-state index contributed by atoms with van der Waals surface area (Å²) in [5.74, 6) is -0.559. The summed E-state index contributed by atoms with van der Waals surface area (Å²) in [6.07, 6.45) is 6.95. The Labute approximate surface area is 160 Å². The average molecular weight is 366 g/mol. The lowest BCUT2D eigenvalue weighted by Crippen LogP contribution is -2.43. The normalized spacial score (nSPS) is 28.1. The van der Waals surface area contributed by atoms with Crippen molar-refractivity contribution in [1.29, 1.82) is 0 Å². The van der Waals surface area contributed by atoms with Crippen LogP contribution in [-0.4, -0.2) is 40.6 Å². The van der Waals surface area contributed by atoms with Gasteiger partial charge in [0.1, 0.15) is 6.54 Å². The maximum absolute atomic E-state index is 13.0. The van der Waals surface area contributed by atoms with Crippen LogP contribution in [-0.2, 0) is 20.9 Å². The van der Waals surface area contributed by atoms with Crippen LogP contribution >= 0.6 is 0 Å². The van der Waals surface area contributed by atoms with Crippen LogP contribution in [0.4, 0.5) is 0 Å². The van der Waals surface area contributed by atoms with Crippen molar-refractivity contribution >= 4 is 17.7 Å². The second-order valence-corrected chi connectivity index (χ2v) is 7.92. The van der Waals surface area contributed by atoms with Crippen LogP contribution in [0.5, 0.6) is 0 Å². The van der Waals surface area contributed by atoms with Crippen molar-refractivity contribution in [2.75, 3.05) is 13.1 Å². The highest BCUT2D eigenvalue weighted by molar-refractivity contribution is 6.08. The molecule has 5 nitrogen and oxygen atoms in total. The first kappa shape index (κ1) is 18.0. The van der Waals surface area contributed by atoms with Crippen LogP contribution in [0.15, 0.2) is 42.5 Å². The number of unbranched alkanes of at least 4 members (excludes halogenated alkanes) is 1. The van der Waals surface area contributed by atoms with Gasteiger partial charge in [0, 0.05) is 13.1 Å². The Morgan fingerprint density at radius 3 is 2.30 bits per heavy atom. The van der Waals surface area contributed by atoms with Crippen LogP contribution in [0.1, 0.15) is 31.7 Å². The van der Waals surface area contributed by atoms with E-state index in [1.165, 1.54) is 4.90 Å². The summed E-state index contributed by atoms with van der Waals surface area (Å²) in [5, 5.41) is 0. The van der Waals surface area contributed by atoms with Crippen molar-refractivity contribution < 1.29 is 14.4 Å². The van der Waals surface area contributed by atoms with Crippen molar-refractivity contribution in [3.8, 4) is 0 Å². The Balaban J connectivity index is 1.46. The molecule has 2 fully saturated rings. The third-order valence-electron chi connectivity index (χ3n) is 6.21. The van der Waals surface area contributed by atoms with Gasteiger partial charge in [-0.05, 0) is 30.2 Å². The van der Waals surface area contributed by atoms with Gasteiger partial charge >= 0.3 is 0 Å². The number of likely N-dealkylation sites (tertiary alicyclic amines) is 1. The highest BCUT2D eigenvalue weighted by Crippen LogP contribution is 2.52. The Morgan fingerprint density at radius 1 is 1.07 bits per heavy atom. The minimum Gasteiger partial charge on any atom is -0.337 e. The number of hydrogen-bond acceptors (Lipinski definition) is 3. The Kier molecular flexibility index (Phi) is 4.85. The van der Waals surface area contributed by atoms with Gasteiger partial charge < -0.3 is 4.90 Å². The fourth-order valence-electron chi connectivity index (χ4n) is 4.80. The fourth-order valence-corrected chi connectivity index (χ4v) is 4.80. The second-order valence-electron chi connectivity index (χ2n) is 7.92. The molecule has 3 amide bonds. The third-order valence-corrected chi connectivity index (χ3v) is 6.21. The van der Waals surface area contributed by atoms with Crippen LogP contribution in [0.2, 0.25) is 0 Å².